The van der Waals surface area contributed by atoms with Gasteiger partial charge in [0.1, 0.15) is 0 Å². The van der Waals surface area contributed by atoms with E-state index in [1.807, 2.05) is 25.2 Å². The molecule has 1 rings (SSSR count). The first-order valence-electron chi connectivity index (χ1n) is 11.4. The van der Waals surface area contributed by atoms with Crippen molar-refractivity contribution in [1.82, 2.24) is 0 Å². The minimum atomic E-state index is -2.37. The fourth-order valence-corrected chi connectivity index (χ4v) is 17.1. The van der Waals surface area contributed by atoms with Gasteiger partial charge in [0.15, 0.2) is 8.32 Å². The van der Waals surface area contributed by atoms with E-state index >= 15 is 0 Å². The van der Waals surface area contributed by atoms with E-state index in [1.54, 1.807) is 0 Å². The number of allylic oxidation sites excluding steroid dienone is 2. The first-order chi connectivity index (χ1) is 14.3. The number of hydrogen-bond donors (Lipinski definition) is 1. The molecule has 0 spiro atoms. The SMILES string of the molecule is CCCC[Si](C)(C)O[Si](C)(C)O[Si](C)(C)OCCCOC(=O)C1CC=CCC1C(=O)O. The molecule has 0 fully saturated rings. The number of carbonyl (C=O) groups is 2. The molecule has 0 aromatic rings. The van der Waals surface area contributed by atoms with E-state index in [9.17, 15) is 14.7 Å². The first-order valence-corrected chi connectivity index (χ1v) is 20.1. The summed E-state index contributed by atoms with van der Waals surface area (Å²) in [5.41, 5.74) is 0. The molecule has 0 aliphatic heterocycles. The van der Waals surface area contributed by atoms with Crippen LogP contribution < -0.4 is 0 Å². The Morgan fingerprint density at radius 2 is 1.52 bits per heavy atom. The molecule has 1 N–H and O–H groups in total. The van der Waals surface area contributed by atoms with Crippen molar-refractivity contribution in [3.05, 3.63) is 12.2 Å². The Balaban J connectivity index is 2.39. The zero-order valence-electron chi connectivity index (χ0n) is 20.4. The molecule has 7 nitrogen and oxygen atoms in total. The van der Waals surface area contributed by atoms with Crippen LogP contribution in [-0.4, -0.2) is 55.7 Å². The highest BCUT2D eigenvalue weighted by atomic mass is 28.5. The van der Waals surface area contributed by atoms with Gasteiger partial charge in [0.25, 0.3) is 0 Å². The summed E-state index contributed by atoms with van der Waals surface area (Å²) in [6.07, 6.45) is 7.35. The highest BCUT2D eigenvalue weighted by molar-refractivity contribution is 6.86. The van der Waals surface area contributed by atoms with Gasteiger partial charge in [0.2, 0.25) is 0 Å². The maximum atomic E-state index is 12.3. The normalized spacial score (nSPS) is 20.0. The Hall–Kier alpha value is -0.789. The van der Waals surface area contributed by atoms with Crippen molar-refractivity contribution in [3.8, 4) is 0 Å². The van der Waals surface area contributed by atoms with E-state index in [0.717, 1.165) is 6.04 Å². The fraction of sp³-hybridized carbons (Fsp3) is 0.810. The third-order valence-electron chi connectivity index (χ3n) is 5.18. The average Bonchev–Trinajstić information content (AvgIpc) is 2.64. The van der Waals surface area contributed by atoms with Crippen molar-refractivity contribution in [2.75, 3.05) is 13.2 Å². The number of rotatable bonds is 14. The summed E-state index contributed by atoms with van der Waals surface area (Å²) in [6.45, 7) is 15.6. The largest absolute Gasteiger partial charge is 0.481 e. The lowest BCUT2D eigenvalue weighted by molar-refractivity contribution is -0.158. The van der Waals surface area contributed by atoms with Gasteiger partial charge in [-0.25, -0.2) is 0 Å². The van der Waals surface area contributed by atoms with E-state index in [2.05, 4.69) is 33.1 Å². The average molecular weight is 491 g/mol. The molecule has 0 aromatic heterocycles. The Morgan fingerprint density at radius 3 is 2.10 bits per heavy atom. The van der Waals surface area contributed by atoms with Gasteiger partial charge in [0, 0.05) is 13.0 Å². The second-order valence-electron chi connectivity index (χ2n) is 9.73. The summed E-state index contributed by atoms with van der Waals surface area (Å²) < 4.78 is 24.3. The van der Waals surface area contributed by atoms with Crippen LogP contribution in [-0.2, 0) is 27.0 Å². The minimum absolute atomic E-state index is 0.212. The summed E-state index contributed by atoms with van der Waals surface area (Å²) in [7, 11) is -6.42. The van der Waals surface area contributed by atoms with Crippen LogP contribution in [0.25, 0.3) is 0 Å². The molecule has 2 unspecified atom stereocenters. The molecule has 0 aromatic carbocycles. The molecule has 0 heterocycles. The highest BCUT2D eigenvalue weighted by Crippen LogP contribution is 2.27. The lowest BCUT2D eigenvalue weighted by atomic mass is 9.83. The minimum Gasteiger partial charge on any atom is -0.481 e. The van der Waals surface area contributed by atoms with Gasteiger partial charge in [-0.2, -0.15) is 0 Å². The standard InChI is InChI=1S/C21H42O7Si3/c1-8-9-17-29(2,3)27-31(6,7)28-30(4,5)26-16-12-15-25-21(24)19-14-11-10-13-18(19)20(22)23/h10-11,18-19H,8-9,12-17H2,1-7H3,(H,22,23). The fourth-order valence-electron chi connectivity index (χ4n) is 3.97. The molecule has 31 heavy (non-hydrogen) atoms. The molecule has 0 radical (unpaired) electrons. The highest BCUT2D eigenvalue weighted by Gasteiger charge is 2.40. The van der Waals surface area contributed by atoms with Crippen LogP contribution in [0, 0.1) is 11.8 Å². The summed E-state index contributed by atoms with van der Waals surface area (Å²) in [4.78, 5) is 23.6. The van der Waals surface area contributed by atoms with Crippen molar-refractivity contribution in [1.29, 1.82) is 0 Å². The van der Waals surface area contributed by atoms with Crippen LogP contribution in [0.2, 0.25) is 45.3 Å². The van der Waals surface area contributed by atoms with E-state index in [-0.39, 0.29) is 6.61 Å². The maximum Gasteiger partial charge on any atom is 0.322 e. The van der Waals surface area contributed by atoms with Crippen molar-refractivity contribution in [3.63, 3.8) is 0 Å². The smallest absolute Gasteiger partial charge is 0.322 e. The first kappa shape index (κ1) is 28.2. The molecule has 2 atom stereocenters. The number of ether oxygens (including phenoxy) is 1. The second-order valence-corrected chi connectivity index (χ2v) is 21.3. The topological polar surface area (TPSA) is 91.3 Å². The number of hydrogen-bond acceptors (Lipinski definition) is 6. The van der Waals surface area contributed by atoms with Gasteiger partial charge in [-0.05, 0) is 58.2 Å². The lowest BCUT2D eigenvalue weighted by Crippen LogP contribution is -2.53. The summed E-state index contributed by atoms with van der Waals surface area (Å²) in [5, 5.41) is 9.29. The van der Waals surface area contributed by atoms with E-state index < -0.39 is 49.2 Å². The predicted molar refractivity (Wildman–Crippen MR) is 129 cm³/mol. The van der Waals surface area contributed by atoms with Crippen molar-refractivity contribution in [2.45, 2.75) is 84.4 Å². The molecular formula is C21H42O7Si3. The summed E-state index contributed by atoms with van der Waals surface area (Å²) >= 11 is 0. The van der Waals surface area contributed by atoms with Crippen LogP contribution in [0.3, 0.4) is 0 Å². The van der Waals surface area contributed by atoms with Crippen LogP contribution in [0.1, 0.15) is 39.0 Å². The zero-order chi connectivity index (χ0) is 23.7. The Labute approximate surface area is 191 Å². The van der Waals surface area contributed by atoms with Crippen molar-refractivity contribution >= 4 is 37.4 Å². The third-order valence-corrected chi connectivity index (χ3v) is 15.7. The Morgan fingerprint density at radius 1 is 0.903 bits per heavy atom. The third kappa shape index (κ3) is 11.1. The molecular weight excluding hydrogens is 448 g/mol. The van der Waals surface area contributed by atoms with Crippen LogP contribution in [0.15, 0.2) is 12.2 Å². The lowest BCUT2D eigenvalue weighted by Gasteiger charge is -2.38. The van der Waals surface area contributed by atoms with E-state index in [1.165, 1.54) is 12.8 Å². The molecule has 1 aliphatic carbocycles. The molecule has 1 aliphatic rings. The number of carbonyl (C=O) groups excluding carboxylic acids is 1. The van der Waals surface area contributed by atoms with E-state index in [0.29, 0.717) is 25.9 Å². The summed E-state index contributed by atoms with van der Waals surface area (Å²) in [5.74, 6) is -2.70. The maximum absolute atomic E-state index is 12.3. The number of unbranched alkanes of at least 4 members (excludes halogenated alkanes) is 1. The molecule has 0 bridgehead atoms. The predicted octanol–water partition coefficient (Wildman–Crippen LogP) is 5.05. The molecule has 0 saturated heterocycles. The number of aliphatic carboxylic acids is 1. The van der Waals surface area contributed by atoms with Crippen LogP contribution in [0.5, 0.6) is 0 Å². The van der Waals surface area contributed by atoms with Crippen LogP contribution >= 0.6 is 0 Å². The molecule has 0 amide bonds. The Kier molecular flexibility index (Phi) is 11.3. The van der Waals surface area contributed by atoms with Crippen molar-refractivity contribution < 1.29 is 32.1 Å². The van der Waals surface area contributed by atoms with Crippen LogP contribution in [0.4, 0.5) is 0 Å². The van der Waals surface area contributed by atoms with Gasteiger partial charge >= 0.3 is 29.1 Å². The van der Waals surface area contributed by atoms with Gasteiger partial charge < -0.3 is 22.5 Å². The van der Waals surface area contributed by atoms with Crippen molar-refractivity contribution in [2.24, 2.45) is 11.8 Å². The van der Waals surface area contributed by atoms with Gasteiger partial charge in [-0.15, -0.1) is 0 Å². The monoisotopic (exact) mass is 490 g/mol. The molecule has 10 heteroatoms. The second kappa shape index (κ2) is 12.5. The van der Waals surface area contributed by atoms with Gasteiger partial charge in [-0.3, -0.25) is 9.59 Å². The number of carboxylic acid groups (broad SMARTS) is 1. The summed E-state index contributed by atoms with van der Waals surface area (Å²) in [6, 6.07) is 1.14. The Bertz CT molecular complexity index is 620. The number of carboxylic acids is 1. The quantitative estimate of drug-likeness (QED) is 0.158. The number of esters is 1. The van der Waals surface area contributed by atoms with E-state index in [4.69, 9.17) is 17.4 Å². The molecule has 0 saturated carbocycles. The molecule has 180 valence electrons. The zero-order valence-corrected chi connectivity index (χ0v) is 23.4. The van der Waals surface area contributed by atoms with Gasteiger partial charge in [-0.1, -0.05) is 31.9 Å². The van der Waals surface area contributed by atoms with Gasteiger partial charge in [0.05, 0.1) is 18.4 Å².